The van der Waals surface area contributed by atoms with Crippen LogP contribution in [0.5, 0.6) is 5.75 Å². The maximum absolute atomic E-state index is 11.0. The molecule has 88 valence electrons. The van der Waals surface area contributed by atoms with E-state index < -0.39 is 11.6 Å². The van der Waals surface area contributed by atoms with Gasteiger partial charge in [0.15, 0.2) is 5.60 Å². The van der Waals surface area contributed by atoms with Crippen molar-refractivity contribution < 1.29 is 14.6 Å². The Morgan fingerprint density at radius 2 is 2.12 bits per heavy atom. The summed E-state index contributed by atoms with van der Waals surface area (Å²) in [6.07, 6.45) is 1.71. The number of hydrogen-bond acceptors (Lipinski definition) is 3. The molecule has 17 heavy (non-hydrogen) atoms. The average molecular weight is 231 g/mol. The van der Waals surface area contributed by atoms with Crippen molar-refractivity contribution in [3.05, 3.63) is 36.5 Å². The van der Waals surface area contributed by atoms with E-state index in [1.807, 2.05) is 18.2 Å². The van der Waals surface area contributed by atoms with Crippen LogP contribution in [0, 0.1) is 0 Å². The highest BCUT2D eigenvalue weighted by Gasteiger charge is 2.29. The number of carbonyl (C=O) groups is 1. The maximum Gasteiger partial charge on any atom is 0.347 e. The van der Waals surface area contributed by atoms with Crippen molar-refractivity contribution in [3.63, 3.8) is 0 Å². The summed E-state index contributed by atoms with van der Waals surface area (Å²) in [7, 11) is 0. The minimum absolute atomic E-state index is 0.526. The Labute approximate surface area is 98.9 Å². The zero-order valence-electron chi connectivity index (χ0n) is 9.68. The Morgan fingerprint density at radius 3 is 2.82 bits per heavy atom. The fraction of sp³-hybridized carbons (Fsp3) is 0.231. The molecule has 4 nitrogen and oxygen atoms in total. The van der Waals surface area contributed by atoms with Gasteiger partial charge in [0, 0.05) is 11.6 Å². The number of carboxylic acid groups (broad SMARTS) is 1. The number of hydrogen-bond donors (Lipinski definition) is 1. The van der Waals surface area contributed by atoms with E-state index in [0.717, 1.165) is 10.9 Å². The zero-order valence-corrected chi connectivity index (χ0v) is 9.68. The molecule has 0 aliphatic rings. The highest BCUT2D eigenvalue weighted by molar-refractivity contribution is 5.80. The van der Waals surface area contributed by atoms with Gasteiger partial charge >= 0.3 is 5.97 Å². The summed E-state index contributed by atoms with van der Waals surface area (Å²) in [5, 5.41) is 9.90. The van der Waals surface area contributed by atoms with Gasteiger partial charge in [-0.2, -0.15) is 0 Å². The summed E-state index contributed by atoms with van der Waals surface area (Å²) in [4.78, 5) is 15.1. The predicted molar refractivity (Wildman–Crippen MR) is 64.1 cm³/mol. The predicted octanol–water partition coefficient (Wildman–Crippen LogP) is 2.48. The maximum atomic E-state index is 11.0. The molecule has 0 unspecified atom stereocenters. The zero-order chi connectivity index (χ0) is 12.5. The topological polar surface area (TPSA) is 59.4 Å². The van der Waals surface area contributed by atoms with Gasteiger partial charge in [-0.05, 0) is 38.1 Å². The molecule has 0 amide bonds. The number of rotatable bonds is 3. The van der Waals surface area contributed by atoms with Gasteiger partial charge in [0.25, 0.3) is 0 Å². The lowest BCUT2D eigenvalue weighted by molar-refractivity contribution is -0.152. The third-order valence-electron chi connectivity index (χ3n) is 2.46. The van der Waals surface area contributed by atoms with Crippen molar-refractivity contribution in [2.75, 3.05) is 0 Å². The van der Waals surface area contributed by atoms with E-state index >= 15 is 0 Å². The number of ether oxygens (including phenoxy) is 1. The van der Waals surface area contributed by atoms with Crippen LogP contribution in [-0.2, 0) is 4.79 Å². The molecule has 4 heteroatoms. The molecule has 1 N–H and O–H groups in total. The largest absolute Gasteiger partial charge is 0.478 e. The third kappa shape index (κ3) is 2.36. The fourth-order valence-corrected chi connectivity index (χ4v) is 1.46. The second kappa shape index (κ2) is 4.05. The highest BCUT2D eigenvalue weighted by Crippen LogP contribution is 2.23. The standard InChI is InChI=1S/C13H13NO3/c1-13(2,12(15)16)17-10-5-6-11-9(8-10)4-3-7-14-11/h3-8H,1-2H3,(H,15,16). The van der Waals surface area contributed by atoms with Crippen molar-refractivity contribution in [1.29, 1.82) is 0 Å². The van der Waals surface area contributed by atoms with E-state index in [2.05, 4.69) is 4.98 Å². The molecular weight excluding hydrogens is 218 g/mol. The number of pyridine rings is 1. The van der Waals surface area contributed by atoms with Gasteiger partial charge in [-0.3, -0.25) is 4.98 Å². The molecule has 0 spiro atoms. The molecule has 0 saturated carbocycles. The second-order valence-electron chi connectivity index (χ2n) is 4.28. The first-order chi connectivity index (χ1) is 7.99. The number of nitrogens with zero attached hydrogens (tertiary/aromatic N) is 1. The Morgan fingerprint density at radius 1 is 1.35 bits per heavy atom. The van der Waals surface area contributed by atoms with Gasteiger partial charge in [0.2, 0.25) is 0 Å². The van der Waals surface area contributed by atoms with Gasteiger partial charge in [-0.15, -0.1) is 0 Å². The molecule has 1 heterocycles. The Hall–Kier alpha value is -2.10. The van der Waals surface area contributed by atoms with E-state index in [4.69, 9.17) is 9.84 Å². The molecule has 0 fully saturated rings. The summed E-state index contributed by atoms with van der Waals surface area (Å²) in [6.45, 7) is 3.03. The number of aliphatic carboxylic acids is 1. The molecule has 1 aromatic carbocycles. The molecule has 2 aromatic rings. The summed E-state index contributed by atoms with van der Waals surface area (Å²) in [5.74, 6) is -0.471. The quantitative estimate of drug-likeness (QED) is 0.881. The number of fused-ring (bicyclic) bond motifs is 1. The van der Waals surface area contributed by atoms with Crippen LogP contribution in [0.2, 0.25) is 0 Å². The van der Waals surface area contributed by atoms with Crippen LogP contribution < -0.4 is 4.74 Å². The Kier molecular flexibility index (Phi) is 2.71. The molecule has 0 radical (unpaired) electrons. The van der Waals surface area contributed by atoms with Gasteiger partial charge < -0.3 is 9.84 Å². The fourth-order valence-electron chi connectivity index (χ4n) is 1.46. The molecule has 1 aromatic heterocycles. The van der Waals surface area contributed by atoms with Crippen molar-refractivity contribution in [1.82, 2.24) is 4.98 Å². The number of benzene rings is 1. The highest BCUT2D eigenvalue weighted by atomic mass is 16.5. The number of aromatic nitrogens is 1. The van der Waals surface area contributed by atoms with Crippen molar-refractivity contribution in [3.8, 4) is 5.75 Å². The van der Waals surface area contributed by atoms with Crippen LogP contribution in [-0.4, -0.2) is 21.7 Å². The lowest BCUT2D eigenvalue weighted by Crippen LogP contribution is -2.37. The molecule has 0 bridgehead atoms. The average Bonchev–Trinajstić information content (AvgIpc) is 2.28. The van der Waals surface area contributed by atoms with Gasteiger partial charge in [-0.25, -0.2) is 4.79 Å². The van der Waals surface area contributed by atoms with E-state index in [-0.39, 0.29) is 0 Å². The minimum Gasteiger partial charge on any atom is -0.478 e. The molecule has 0 atom stereocenters. The number of carboxylic acids is 1. The molecular formula is C13H13NO3. The summed E-state index contributed by atoms with van der Waals surface area (Å²) in [6, 6.07) is 9.05. The van der Waals surface area contributed by atoms with Gasteiger partial charge in [0.1, 0.15) is 5.75 Å². The van der Waals surface area contributed by atoms with E-state index in [0.29, 0.717) is 5.75 Å². The lowest BCUT2D eigenvalue weighted by Gasteiger charge is -2.21. The third-order valence-corrected chi connectivity index (χ3v) is 2.46. The van der Waals surface area contributed by atoms with Crippen molar-refractivity contribution >= 4 is 16.9 Å². The molecule has 2 rings (SSSR count). The monoisotopic (exact) mass is 231 g/mol. The summed E-state index contributed by atoms with van der Waals surface area (Å²) >= 11 is 0. The molecule has 0 aliphatic heterocycles. The van der Waals surface area contributed by atoms with Gasteiger partial charge in [0.05, 0.1) is 5.52 Å². The van der Waals surface area contributed by atoms with Crippen LogP contribution in [0.4, 0.5) is 0 Å². The van der Waals surface area contributed by atoms with Crippen LogP contribution >= 0.6 is 0 Å². The molecule has 0 aliphatic carbocycles. The molecule has 0 saturated heterocycles. The first kappa shape index (κ1) is 11.4. The SMILES string of the molecule is CC(C)(Oc1ccc2ncccc2c1)C(=O)O. The van der Waals surface area contributed by atoms with Crippen molar-refractivity contribution in [2.45, 2.75) is 19.4 Å². The first-order valence-corrected chi connectivity index (χ1v) is 5.26. The minimum atomic E-state index is -1.24. The smallest absolute Gasteiger partial charge is 0.347 e. The second-order valence-corrected chi connectivity index (χ2v) is 4.28. The van der Waals surface area contributed by atoms with E-state index in [1.54, 1.807) is 18.3 Å². The summed E-state index contributed by atoms with van der Waals surface area (Å²) in [5.41, 5.74) is -0.386. The Balaban J connectivity index is 2.34. The normalized spacial score (nSPS) is 11.4. The lowest BCUT2D eigenvalue weighted by atomic mass is 10.1. The van der Waals surface area contributed by atoms with Gasteiger partial charge in [-0.1, -0.05) is 6.07 Å². The van der Waals surface area contributed by atoms with E-state index in [9.17, 15) is 4.79 Å². The van der Waals surface area contributed by atoms with Crippen LogP contribution in [0.15, 0.2) is 36.5 Å². The van der Waals surface area contributed by atoms with E-state index in [1.165, 1.54) is 13.8 Å². The first-order valence-electron chi connectivity index (χ1n) is 5.26. The van der Waals surface area contributed by atoms with Crippen LogP contribution in [0.25, 0.3) is 10.9 Å². The van der Waals surface area contributed by atoms with Crippen LogP contribution in [0.3, 0.4) is 0 Å². The van der Waals surface area contributed by atoms with Crippen LogP contribution in [0.1, 0.15) is 13.8 Å². The van der Waals surface area contributed by atoms with Crippen molar-refractivity contribution in [2.24, 2.45) is 0 Å². The summed E-state index contributed by atoms with van der Waals surface area (Å²) < 4.78 is 5.44. The Bertz CT molecular complexity index is 563.